The minimum atomic E-state index is -0.891. The Morgan fingerprint density at radius 3 is 2.52 bits per heavy atom. The van der Waals surface area contributed by atoms with Crippen LogP contribution in [0.2, 0.25) is 0 Å². The Kier molecular flexibility index (Phi) is 6.08. The number of nitrogens with zero attached hydrogens (tertiary/aromatic N) is 1. The first-order valence-corrected chi connectivity index (χ1v) is 7.59. The highest BCUT2D eigenvalue weighted by atomic mass is 19.1. The summed E-state index contributed by atoms with van der Waals surface area (Å²) in [4.78, 5) is 2.17. The molecule has 0 spiro atoms. The lowest BCUT2D eigenvalue weighted by molar-refractivity contribution is 0.0945. The molecule has 0 saturated carbocycles. The fraction of sp³-hybridized carbons (Fsp3) is 0.625. The highest BCUT2D eigenvalue weighted by molar-refractivity contribution is 5.20. The lowest BCUT2D eigenvalue weighted by Crippen LogP contribution is -2.38. The number of aliphatic hydroxyl groups is 2. The second-order valence-electron chi connectivity index (χ2n) is 5.73. The zero-order chi connectivity index (χ0) is 15.2. The average Bonchev–Trinajstić information content (AvgIpc) is 2.68. The summed E-state index contributed by atoms with van der Waals surface area (Å²) in [7, 11) is 0. The van der Waals surface area contributed by atoms with Gasteiger partial charge < -0.3 is 10.2 Å². The highest BCUT2D eigenvalue weighted by Gasteiger charge is 2.21. The van der Waals surface area contributed by atoms with Gasteiger partial charge in [-0.1, -0.05) is 12.8 Å². The first kappa shape index (κ1) is 16.3. The van der Waals surface area contributed by atoms with Crippen molar-refractivity contribution in [2.45, 2.75) is 44.2 Å². The van der Waals surface area contributed by atoms with Crippen molar-refractivity contribution in [3.05, 3.63) is 35.4 Å². The first-order chi connectivity index (χ1) is 10.1. The van der Waals surface area contributed by atoms with Crippen molar-refractivity contribution < 1.29 is 19.0 Å². The fourth-order valence-electron chi connectivity index (χ4n) is 2.96. The molecule has 1 aliphatic heterocycles. The molecule has 118 valence electrons. The number of halogens is 2. The molecule has 2 unspecified atom stereocenters. The van der Waals surface area contributed by atoms with Crippen molar-refractivity contribution in [2.75, 3.05) is 19.7 Å². The number of benzene rings is 1. The van der Waals surface area contributed by atoms with Gasteiger partial charge in [-0.2, -0.15) is 0 Å². The van der Waals surface area contributed by atoms with Crippen molar-refractivity contribution in [3.63, 3.8) is 0 Å². The van der Waals surface area contributed by atoms with Crippen molar-refractivity contribution in [1.29, 1.82) is 0 Å². The van der Waals surface area contributed by atoms with E-state index in [-0.39, 0.29) is 18.2 Å². The number of hydrogen-bond donors (Lipinski definition) is 2. The third-order valence-electron chi connectivity index (χ3n) is 4.17. The molecule has 1 aliphatic rings. The summed E-state index contributed by atoms with van der Waals surface area (Å²) >= 11 is 0. The van der Waals surface area contributed by atoms with E-state index in [1.807, 2.05) is 0 Å². The third kappa shape index (κ3) is 4.73. The van der Waals surface area contributed by atoms with E-state index in [0.717, 1.165) is 38.3 Å². The van der Waals surface area contributed by atoms with Gasteiger partial charge in [-0.05, 0) is 43.5 Å². The van der Waals surface area contributed by atoms with Crippen molar-refractivity contribution in [3.8, 4) is 0 Å². The van der Waals surface area contributed by atoms with Crippen LogP contribution in [0.5, 0.6) is 0 Å². The Hall–Kier alpha value is -1.04. The molecule has 2 atom stereocenters. The van der Waals surface area contributed by atoms with Crippen LogP contribution in [0, 0.1) is 11.6 Å². The maximum absolute atomic E-state index is 13.2. The lowest BCUT2D eigenvalue weighted by atomic mass is 10.1. The van der Waals surface area contributed by atoms with Gasteiger partial charge in [0.25, 0.3) is 0 Å². The predicted octanol–water partition coefficient (Wildman–Crippen LogP) is 2.63. The summed E-state index contributed by atoms with van der Waals surface area (Å²) in [6, 6.07) is 3.26. The Bertz CT molecular complexity index is 436. The highest BCUT2D eigenvalue weighted by Crippen LogP contribution is 2.22. The molecule has 21 heavy (non-hydrogen) atoms. The van der Waals surface area contributed by atoms with Crippen LogP contribution < -0.4 is 0 Å². The number of hydrogen-bond acceptors (Lipinski definition) is 3. The second-order valence-corrected chi connectivity index (χ2v) is 5.73. The summed E-state index contributed by atoms with van der Waals surface area (Å²) in [6.45, 7) is 1.63. The van der Waals surface area contributed by atoms with Crippen LogP contribution in [0.1, 0.15) is 43.8 Å². The van der Waals surface area contributed by atoms with Crippen LogP contribution in [0.15, 0.2) is 18.2 Å². The van der Waals surface area contributed by atoms with Gasteiger partial charge in [-0.3, -0.25) is 4.90 Å². The molecule has 1 fully saturated rings. The molecule has 5 heteroatoms. The van der Waals surface area contributed by atoms with E-state index < -0.39 is 17.7 Å². The number of aliphatic hydroxyl groups excluding tert-OH is 2. The second kappa shape index (κ2) is 7.82. The van der Waals surface area contributed by atoms with Crippen molar-refractivity contribution >= 4 is 0 Å². The normalized spacial score (nSPS) is 22.0. The van der Waals surface area contributed by atoms with Crippen LogP contribution in [0.25, 0.3) is 0 Å². The molecule has 0 amide bonds. The third-order valence-corrected chi connectivity index (χ3v) is 4.17. The zero-order valence-corrected chi connectivity index (χ0v) is 12.1. The number of rotatable bonds is 5. The predicted molar refractivity (Wildman–Crippen MR) is 76.8 cm³/mol. The summed E-state index contributed by atoms with van der Waals surface area (Å²) < 4.78 is 26.3. The van der Waals surface area contributed by atoms with Gasteiger partial charge in [-0.15, -0.1) is 0 Å². The van der Waals surface area contributed by atoms with Crippen molar-refractivity contribution in [2.24, 2.45) is 0 Å². The van der Waals surface area contributed by atoms with Crippen LogP contribution >= 0.6 is 0 Å². The largest absolute Gasteiger partial charge is 0.395 e. The maximum Gasteiger partial charge on any atom is 0.126 e. The van der Waals surface area contributed by atoms with Crippen molar-refractivity contribution in [1.82, 2.24) is 4.90 Å². The summed E-state index contributed by atoms with van der Waals surface area (Å²) in [6.07, 6.45) is 3.82. The first-order valence-electron chi connectivity index (χ1n) is 7.59. The Morgan fingerprint density at radius 1 is 1.14 bits per heavy atom. The van der Waals surface area contributed by atoms with E-state index in [4.69, 9.17) is 0 Å². The molecule has 1 aromatic rings. The van der Waals surface area contributed by atoms with E-state index in [0.29, 0.717) is 13.0 Å². The summed E-state index contributed by atoms with van der Waals surface area (Å²) in [5.74, 6) is -1.35. The standard InChI is InChI=1S/C16H23F2NO2/c17-13-8-12(9-14(18)10-13)16(21)5-7-19-6-3-1-2-4-15(19)11-20/h8-10,15-16,20-21H,1-7,11H2. The molecule has 0 aromatic heterocycles. The zero-order valence-electron chi connectivity index (χ0n) is 12.1. The molecule has 1 aromatic carbocycles. The van der Waals surface area contributed by atoms with Gasteiger partial charge >= 0.3 is 0 Å². The minimum Gasteiger partial charge on any atom is -0.395 e. The fourth-order valence-corrected chi connectivity index (χ4v) is 2.96. The minimum absolute atomic E-state index is 0.116. The van der Waals surface area contributed by atoms with Crippen LogP contribution in [0.4, 0.5) is 8.78 Å². The molecule has 0 aliphatic carbocycles. The Balaban J connectivity index is 1.94. The molecule has 2 rings (SSSR count). The molecule has 0 radical (unpaired) electrons. The monoisotopic (exact) mass is 299 g/mol. The van der Waals surface area contributed by atoms with Gasteiger partial charge in [0.05, 0.1) is 12.7 Å². The molecule has 3 nitrogen and oxygen atoms in total. The molecule has 2 N–H and O–H groups in total. The molecular formula is C16H23F2NO2. The van der Waals surface area contributed by atoms with Gasteiger partial charge in [0.15, 0.2) is 0 Å². The molecule has 0 bridgehead atoms. The van der Waals surface area contributed by atoms with Crippen LogP contribution in [-0.2, 0) is 0 Å². The smallest absolute Gasteiger partial charge is 0.126 e. The molecule has 1 saturated heterocycles. The van der Waals surface area contributed by atoms with E-state index in [1.165, 1.54) is 12.1 Å². The summed E-state index contributed by atoms with van der Waals surface area (Å²) in [5.41, 5.74) is 0.267. The van der Waals surface area contributed by atoms with Gasteiger partial charge in [-0.25, -0.2) is 8.78 Å². The maximum atomic E-state index is 13.2. The van der Waals surface area contributed by atoms with Gasteiger partial charge in [0.1, 0.15) is 11.6 Å². The average molecular weight is 299 g/mol. The van der Waals surface area contributed by atoms with E-state index in [9.17, 15) is 19.0 Å². The lowest BCUT2D eigenvalue weighted by Gasteiger charge is -2.29. The van der Waals surface area contributed by atoms with Crippen LogP contribution in [0.3, 0.4) is 0 Å². The quantitative estimate of drug-likeness (QED) is 0.878. The molecule has 1 heterocycles. The van der Waals surface area contributed by atoms with E-state index in [1.54, 1.807) is 0 Å². The SMILES string of the molecule is OCC1CCCCCN1CCC(O)c1cc(F)cc(F)c1. The van der Waals surface area contributed by atoms with E-state index in [2.05, 4.69) is 4.90 Å². The topological polar surface area (TPSA) is 43.7 Å². The van der Waals surface area contributed by atoms with Gasteiger partial charge in [0.2, 0.25) is 0 Å². The molecular weight excluding hydrogens is 276 g/mol. The van der Waals surface area contributed by atoms with E-state index >= 15 is 0 Å². The Labute approximate surface area is 124 Å². The van der Waals surface area contributed by atoms with Gasteiger partial charge in [0, 0.05) is 18.7 Å². The summed E-state index contributed by atoms with van der Waals surface area (Å²) in [5, 5.41) is 19.5. The number of likely N-dealkylation sites (tertiary alicyclic amines) is 1. The van der Waals surface area contributed by atoms with Crippen LogP contribution in [-0.4, -0.2) is 40.9 Å². The Morgan fingerprint density at radius 2 is 1.86 bits per heavy atom.